The average Bonchev–Trinajstić information content (AvgIpc) is 3.11. The monoisotopic (exact) mass is 431 g/mol. The fourth-order valence-electron chi connectivity index (χ4n) is 2.79. The van der Waals surface area contributed by atoms with Crippen molar-refractivity contribution in [1.29, 1.82) is 0 Å². The minimum Gasteiger partial charge on any atom is -0.345 e. The number of amides is 1. The second kappa shape index (κ2) is 8.58. The Bertz CT molecular complexity index is 1150. The van der Waals surface area contributed by atoms with Gasteiger partial charge in [0.1, 0.15) is 0 Å². The van der Waals surface area contributed by atoms with E-state index in [2.05, 4.69) is 15.5 Å². The zero-order valence-electron chi connectivity index (χ0n) is 16.0. The van der Waals surface area contributed by atoms with Crippen LogP contribution in [-0.4, -0.2) is 36.1 Å². The van der Waals surface area contributed by atoms with Crippen molar-refractivity contribution in [3.05, 3.63) is 70.8 Å². The molecule has 3 rings (SSSR count). The van der Waals surface area contributed by atoms with Gasteiger partial charge in [0, 0.05) is 19.2 Å². The van der Waals surface area contributed by atoms with Gasteiger partial charge in [-0.05, 0) is 55.5 Å². The zero-order chi connectivity index (χ0) is 21.0. The molecule has 152 valence electrons. The number of aromatic nitrogens is 3. The second-order valence-electron chi connectivity index (χ2n) is 6.20. The lowest BCUT2D eigenvalue weighted by molar-refractivity contribution is 0.0949. The quantitative estimate of drug-likeness (QED) is 0.560. The van der Waals surface area contributed by atoms with Gasteiger partial charge in [0.15, 0.2) is 10.6 Å². The third kappa shape index (κ3) is 4.38. The summed E-state index contributed by atoms with van der Waals surface area (Å²) in [5.74, 6) is 0.288. The highest BCUT2D eigenvalue weighted by Gasteiger charge is 2.21. The summed E-state index contributed by atoms with van der Waals surface area (Å²) in [4.78, 5) is 12.5. The smallest absolute Gasteiger partial charge is 0.264 e. The standard InChI is InChI=1S/C19H21N5O3S2/c1-3-24-17(21-22-19(24)28)13-20-18(25)14-9-11-16(12-10-14)29(26,27)23(2)15-7-5-4-6-8-15/h4-12H,3,13H2,1-2H3,(H,20,25)(H,22,28). The minimum absolute atomic E-state index is 0.104. The van der Waals surface area contributed by atoms with Crippen LogP contribution in [0.2, 0.25) is 0 Å². The van der Waals surface area contributed by atoms with Crippen molar-refractivity contribution in [2.24, 2.45) is 0 Å². The summed E-state index contributed by atoms with van der Waals surface area (Å²) in [6.45, 7) is 2.78. The number of carbonyl (C=O) groups is 1. The van der Waals surface area contributed by atoms with Gasteiger partial charge in [-0.2, -0.15) is 5.10 Å². The SMILES string of the molecule is CCn1c(CNC(=O)c2ccc(S(=O)(=O)N(C)c3ccccc3)cc2)n[nH]c1=S. The Morgan fingerprint density at radius 1 is 1.17 bits per heavy atom. The fraction of sp³-hybridized carbons (Fsp3) is 0.211. The Morgan fingerprint density at radius 3 is 2.45 bits per heavy atom. The molecule has 0 aliphatic rings. The molecule has 0 saturated carbocycles. The number of nitrogens with zero attached hydrogens (tertiary/aromatic N) is 3. The summed E-state index contributed by atoms with van der Waals surface area (Å²) >= 11 is 5.12. The van der Waals surface area contributed by atoms with Gasteiger partial charge in [-0.1, -0.05) is 18.2 Å². The first-order valence-corrected chi connectivity index (χ1v) is 10.8. The number of aromatic amines is 1. The number of hydrogen-bond acceptors (Lipinski definition) is 5. The highest BCUT2D eigenvalue weighted by Crippen LogP contribution is 2.21. The van der Waals surface area contributed by atoms with Crippen molar-refractivity contribution in [2.45, 2.75) is 24.9 Å². The highest BCUT2D eigenvalue weighted by molar-refractivity contribution is 7.92. The number of carbonyl (C=O) groups excluding carboxylic acids is 1. The van der Waals surface area contributed by atoms with E-state index in [0.29, 0.717) is 28.4 Å². The predicted molar refractivity (Wildman–Crippen MR) is 113 cm³/mol. The third-order valence-electron chi connectivity index (χ3n) is 4.46. The van der Waals surface area contributed by atoms with Crippen molar-refractivity contribution in [1.82, 2.24) is 20.1 Å². The summed E-state index contributed by atoms with van der Waals surface area (Å²) in [7, 11) is -2.23. The second-order valence-corrected chi connectivity index (χ2v) is 8.56. The zero-order valence-corrected chi connectivity index (χ0v) is 17.6. The topological polar surface area (TPSA) is 100 Å². The van der Waals surface area contributed by atoms with Gasteiger partial charge < -0.3 is 9.88 Å². The molecule has 2 aromatic carbocycles. The van der Waals surface area contributed by atoms with E-state index in [9.17, 15) is 13.2 Å². The predicted octanol–water partition coefficient (Wildman–Crippen LogP) is 2.72. The summed E-state index contributed by atoms with van der Waals surface area (Å²) in [5.41, 5.74) is 0.905. The molecular formula is C19H21N5O3S2. The molecule has 0 aliphatic carbocycles. The first-order chi connectivity index (χ1) is 13.8. The largest absolute Gasteiger partial charge is 0.345 e. The Hall–Kier alpha value is -2.98. The first-order valence-electron chi connectivity index (χ1n) is 8.91. The molecular weight excluding hydrogens is 410 g/mol. The van der Waals surface area contributed by atoms with Gasteiger partial charge in [-0.3, -0.25) is 14.2 Å². The van der Waals surface area contributed by atoms with E-state index < -0.39 is 10.0 Å². The molecule has 0 radical (unpaired) electrons. The Kier molecular flexibility index (Phi) is 6.14. The maximum atomic E-state index is 12.8. The van der Waals surface area contributed by atoms with Crippen molar-refractivity contribution in [3.63, 3.8) is 0 Å². The molecule has 1 amide bonds. The number of benzene rings is 2. The Morgan fingerprint density at radius 2 is 1.83 bits per heavy atom. The number of nitrogens with one attached hydrogen (secondary N) is 2. The Labute approximate surface area is 174 Å². The number of para-hydroxylation sites is 1. The molecule has 0 spiro atoms. The molecule has 0 fully saturated rings. The lowest BCUT2D eigenvalue weighted by Crippen LogP contribution is -2.27. The highest BCUT2D eigenvalue weighted by atomic mass is 32.2. The van der Waals surface area contributed by atoms with Crippen LogP contribution in [0.4, 0.5) is 5.69 Å². The first kappa shape index (κ1) is 20.7. The van der Waals surface area contributed by atoms with Crippen LogP contribution in [-0.2, 0) is 23.1 Å². The van der Waals surface area contributed by atoms with E-state index in [4.69, 9.17) is 12.2 Å². The third-order valence-corrected chi connectivity index (χ3v) is 6.57. The van der Waals surface area contributed by atoms with Crippen molar-refractivity contribution in [2.75, 3.05) is 11.4 Å². The van der Waals surface area contributed by atoms with Gasteiger partial charge in [0.25, 0.3) is 15.9 Å². The van der Waals surface area contributed by atoms with Crippen LogP contribution < -0.4 is 9.62 Å². The molecule has 29 heavy (non-hydrogen) atoms. The molecule has 0 atom stereocenters. The summed E-state index contributed by atoms with van der Waals surface area (Å²) in [6.07, 6.45) is 0. The Balaban J connectivity index is 1.72. The fourth-order valence-corrected chi connectivity index (χ4v) is 4.26. The molecule has 2 N–H and O–H groups in total. The van der Waals surface area contributed by atoms with Crippen LogP contribution in [0.5, 0.6) is 0 Å². The lowest BCUT2D eigenvalue weighted by atomic mass is 10.2. The molecule has 1 aromatic heterocycles. The molecule has 3 aromatic rings. The molecule has 1 heterocycles. The summed E-state index contributed by atoms with van der Waals surface area (Å²) in [5, 5.41) is 9.55. The van der Waals surface area contributed by atoms with Crippen LogP contribution in [0.1, 0.15) is 23.1 Å². The number of anilines is 1. The van der Waals surface area contributed by atoms with E-state index in [1.165, 1.54) is 35.6 Å². The summed E-state index contributed by atoms with van der Waals surface area (Å²) < 4.78 is 29.1. The molecule has 0 unspecified atom stereocenters. The normalized spacial score (nSPS) is 11.2. The van der Waals surface area contributed by atoms with E-state index >= 15 is 0 Å². The van der Waals surface area contributed by atoms with Gasteiger partial charge >= 0.3 is 0 Å². The van der Waals surface area contributed by atoms with Gasteiger partial charge in [0.05, 0.1) is 17.1 Å². The molecule has 0 saturated heterocycles. The minimum atomic E-state index is -3.72. The maximum Gasteiger partial charge on any atom is 0.264 e. The van der Waals surface area contributed by atoms with Crippen LogP contribution >= 0.6 is 12.2 Å². The molecule has 0 bridgehead atoms. The van der Waals surface area contributed by atoms with Crippen molar-refractivity contribution in [3.8, 4) is 0 Å². The van der Waals surface area contributed by atoms with Crippen molar-refractivity contribution < 1.29 is 13.2 Å². The van der Waals surface area contributed by atoms with E-state index in [0.717, 1.165) is 0 Å². The van der Waals surface area contributed by atoms with Crippen LogP contribution in [0.15, 0.2) is 59.5 Å². The van der Waals surface area contributed by atoms with Gasteiger partial charge in [-0.25, -0.2) is 8.42 Å². The maximum absolute atomic E-state index is 12.8. The van der Waals surface area contributed by atoms with Gasteiger partial charge in [-0.15, -0.1) is 0 Å². The number of H-pyrrole nitrogens is 1. The molecule has 10 heteroatoms. The number of hydrogen-bond donors (Lipinski definition) is 2. The number of rotatable bonds is 7. The van der Waals surface area contributed by atoms with Crippen molar-refractivity contribution >= 4 is 33.8 Å². The molecule has 8 nitrogen and oxygen atoms in total. The van der Waals surface area contributed by atoms with Crippen LogP contribution in [0.25, 0.3) is 0 Å². The van der Waals surface area contributed by atoms with Crippen LogP contribution in [0.3, 0.4) is 0 Å². The lowest BCUT2D eigenvalue weighted by Gasteiger charge is -2.19. The molecule has 0 aliphatic heterocycles. The summed E-state index contributed by atoms with van der Waals surface area (Å²) in [6, 6.07) is 14.6. The van der Waals surface area contributed by atoms with E-state index in [1.54, 1.807) is 28.8 Å². The van der Waals surface area contributed by atoms with E-state index in [-0.39, 0.29) is 17.3 Å². The van der Waals surface area contributed by atoms with Gasteiger partial charge in [0.2, 0.25) is 0 Å². The average molecular weight is 432 g/mol. The van der Waals surface area contributed by atoms with E-state index in [1.807, 2.05) is 13.0 Å². The number of sulfonamides is 1. The van der Waals surface area contributed by atoms with Crippen LogP contribution in [0, 0.1) is 4.77 Å².